The summed E-state index contributed by atoms with van der Waals surface area (Å²) in [5.41, 5.74) is 0.0770. The quantitative estimate of drug-likeness (QED) is 0.913. The molecule has 102 valence electrons. The van der Waals surface area contributed by atoms with Gasteiger partial charge in [0.25, 0.3) is 5.56 Å². The van der Waals surface area contributed by atoms with Crippen LogP contribution in [-0.4, -0.2) is 16.7 Å². The third-order valence-corrected chi connectivity index (χ3v) is 3.31. The van der Waals surface area contributed by atoms with Gasteiger partial charge in [0.1, 0.15) is 11.8 Å². The van der Waals surface area contributed by atoms with Crippen molar-refractivity contribution in [3.05, 3.63) is 60.8 Å². The van der Waals surface area contributed by atoms with Crippen molar-refractivity contribution >= 4 is 15.9 Å². The second-order valence-electron chi connectivity index (χ2n) is 3.98. The first-order valence-electron chi connectivity index (χ1n) is 5.62. The van der Waals surface area contributed by atoms with Crippen LogP contribution in [0.4, 0.5) is 0 Å². The number of nitriles is 1. The summed E-state index contributed by atoms with van der Waals surface area (Å²) >= 11 is 3.07. The number of nitrogens with one attached hydrogen (secondary N) is 1. The molecule has 1 aromatic heterocycles. The van der Waals surface area contributed by atoms with Crippen LogP contribution in [-0.2, 0) is 6.54 Å². The molecule has 6 nitrogen and oxygen atoms in total. The lowest BCUT2D eigenvalue weighted by atomic mass is 10.1. The van der Waals surface area contributed by atoms with Crippen molar-refractivity contribution in [2.45, 2.75) is 6.54 Å². The number of rotatable bonds is 3. The van der Waals surface area contributed by atoms with E-state index in [2.05, 4.69) is 20.9 Å². The maximum Gasteiger partial charge on any atom is 0.328 e. The number of H-pyrrole nitrogens is 1. The summed E-state index contributed by atoms with van der Waals surface area (Å²) in [5.74, 6) is 0.451. The Kier molecular flexibility index (Phi) is 4.05. The number of halogens is 1. The van der Waals surface area contributed by atoms with Crippen LogP contribution < -0.4 is 16.0 Å². The van der Waals surface area contributed by atoms with E-state index in [4.69, 9.17) is 10.00 Å². The molecule has 7 heteroatoms. The molecule has 0 spiro atoms. The molecule has 1 heterocycles. The van der Waals surface area contributed by atoms with Gasteiger partial charge in [0.15, 0.2) is 0 Å². The van der Waals surface area contributed by atoms with E-state index in [-0.39, 0.29) is 11.0 Å². The Morgan fingerprint density at radius 3 is 2.85 bits per heavy atom. The normalized spacial score (nSPS) is 10.1. The van der Waals surface area contributed by atoms with Crippen LogP contribution in [0.1, 0.15) is 11.1 Å². The van der Waals surface area contributed by atoms with Crippen LogP contribution >= 0.6 is 15.9 Å². The highest BCUT2D eigenvalue weighted by molar-refractivity contribution is 9.10. The van der Waals surface area contributed by atoms with E-state index in [1.807, 2.05) is 6.07 Å². The van der Waals surface area contributed by atoms with E-state index in [0.717, 1.165) is 4.57 Å². The van der Waals surface area contributed by atoms with Gasteiger partial charge in [-0.2, -0.15) is 5.26 Å². The van der Waals surface area contributed by atoms with Gasteiger partial charge in [-0.15, -0.1) is 0 Å². The fourth-order valence-corrected chi connectivity index (χ4v) is 2.08. The van der Waals surface area contributed by atoms with Crippen LogP contribution in [0.3, 0.4) is 0 Å². The van der Waals surface area contributed by atoms with Gasteiger partial charge in [0.05, 0.1) is 23.7 Å². The van der Waals surface area contributed by atoms with E-state index in [0.29, 0.717) is 16.9 Å². The molecule has 1 aromatic carbocycles. The number of methoxy groups -OCH3 is 1. The Morgan fingerprint density at radius 1 is 1.45 bits per heavy atom. The molecule has 0 bridgehead atoms. The Hall–Kier alpha value is -2.33. The third kappa shape index (κ3) is 2.65. The summed E-state index contributed by atoms with van der Waals surface area (Å²) in [4.78, 5) is 26.0. The second kappa shape index (κ2) is 5.75. The molecule has 20 heavy (non-hydrogen) atoms. The Labute approximate surface area is 122 Å². The van der Waals surface area contributed by atoms with Crippen LogP contribution in [0.2, 0.25) is 0 Å². The fourth-order valence-electron chi connectivity index (χ4n) is 1.75. The largest absolute Gasteiger partial charge is 0.495 e. The molecule has 0 unspecified atom stereocenters. The smallest absolute Gasteiger partial charge is 0.328 e. The number of aromatic amines is 1. The zero-order valence-corrected chi connectivity index (χ0v) is 12.1. The number of hydrogen-bond acceptors (Lipinski definition) is 4. The van der Waals surface area contributed by atoms with Crippen molar-refractivity contribution in [1.29, 1.82) is 5.26 Å². The SMILES string of the molecule is COc1ccc(Cn2c(=O)[nH]cc(Br)c2=O)cc1C#N. The highest BCUT2D eigenvalue weighted by Gasteiger charge is 2.08. The molecule has 0 aliphatic carbocycles. The van der Waals surface area contributed by atoms with Crippen molar-refractivity contribution < 1.29 is 4.74 Å². The van der Waals surface area contributed by atoms with Gasteiger partial charge in [0.2, 0.25) is 0 Å². The van der Waals surface area contributed by atoms with Crippen LogP contribution in [0.15, 0.2) is 38.5 Å². The van der Waals surface area contributed by atoms with Gasteiger partial charge >= 0.3 is 5.69 Å². The van der Waals surface area contributed by atoms with Crippen molar-refractivity contribution in [2.24, 2.45) is 0 Å². The van der Waals surface area contributed by atoms with Gasteiger partial charge in [-0.3, -0.25) is 9.36 Å². The summed E-state index contributed by atoms with van der Waals surface area (Å²) in [6.45, 7) is 0.0757. The lowest BCUT2D eigenvalue weighted by molar-refractivity contribution is 0.413. The minimum Gasteiger partial charge on any atom is -0.495 e. The summed E-state index contributed by atoms with van der Waals surface area (Å²) in [6.07, 6.45) is 1.30. The maximum absolute atomic E-state index is 11.9. The minimum atomic E-state index is -0.507. The number of hydrogen-bond donors (Lipinski definition) is 1. The first-order chi connectivity index (χ1) is 9.56. The van der Waals surface area contributed by atoms with Gasteiger partial charge in [-0.05, 0) is 33.6 Å². The zero-order valence-electron chi connectivity index (χ0n) is 10.5. The van der Waals surface area contributed by atoms with Gasteiger partial charge in [-0.1, -0.05) is 6.07 Å². The molecule has 0 aliphatic rings. The zero-order chi connectivity index (χ0) is 14.7. The van der Waals surface area contributed by atoms with Crippen LogP contribution in [0.5, 0.6) is 5.75 Å². The first-order valence-corrected chi connectivity index (χ1v) is 6.41. The highest BCUT2D eigenvalue weighted by Crippen LogP contribution is 2.18. The molecule has 2 aromatic rings. The Bertz CT molecular complexity index is 802. The number of ether oxygens (including phenoxy) is 1. The average molecular weight is 336 g/mol. The monoisotopic (exact) mass is 335 g/mol. The standard InChI is InChI=1S/C13H10BrN3O3/c1-20-11-3-2-8(4-9(11)5-15)7-17-12(18)10(14)6-16-13(17)19/h2-4,6H,7H2,1H3,(H,16,19). The molecule has 0 radical (unpaired) electrons. The summed E-state index contributed by atoms with van der Waals surface area (Å²) < 4.78 is 6.36. The molecule has 1 N–H and O–H groups in total. The van der Waals surface area contributed by atoms with E-state index in [1.165, 1.54) is 13.3 Å². The van der Waals surface area contributed by atoms with Crippen LogP contribution in [0, 0.1) is 11.3 Å². The summed E-state index contributed by atoms with van der Waals surface area (Å²) in [6, 6.07) is 6.93. The molecule has 0 atom stereocenters. The van der Waals surface area contributed by atoms with Crippen molar-refractivity contribution in [3.8, 4) is 11.8 Å². The number of benzene rings is 1. The topological polar surface area (TPSA) is 87.9 Å². The molecule has 2 rings (SSSR count). The van der Waals surface area contributed by atoms with Crippen LogP contribution in [0.25, 0.3) is 0 Å². The predicted molar refractivity (Wildman–Crippen MR) is 75.8 cm³/mol. The lowest BCUT2D eigenvalue weighted by Gasteiger charge is -2.07. The fraction of sp³-hybridized carbons (Fsp3) is 0.154. The molecular weight excluding hydrogens is 326 g/mol. The van der Waals surface area contributed by atoms with E-state index in [9.17, 15) is 9.59 Å². The summed E-state index contributed by atoms with van der Waals surface area (Å²) in [7, 11) is 1.47. The molecule has 0 saturated carbocycles. The van der Waals surface area contributed by atoms with Crippen molar-refractivity contribution in [1.82, 2.24) is 9.55 Å². The van der Waals surface area contributed by atoms with Crippen molar-refractivity contribution in [2.75, 3.05) is 7.11 Å². The number of aromatic nitrogens is 2. The lowest BCUT2D eigenvalue weighted by Crippen LogP contribution is -2.35. The second-order valence-corrected chi connectivity index (χ2v) is 4.83. The van der Waals surface area contributed by atoms with Gasteiger partial charge in [0, 0.05) is 6.20 Å². The van der Waals surface area contributed by atoms with Gasteiger partial charge < -0.3 is 9.72 Å². The van der Waals surface area contributed by atoms with E-state index in [1.54, 1.807) is 18.2 Å². The molecule has 0 amide bonds. The van der Waals surface area contributed by atoms with E-state index < -0.39 is 11.2 Å². The molecule has 0 saturated heterocycles. The van der Waals surface area contributed by atoms with Crippen molar-refractivity contribution in [3.63, 3.8) is 0 Å². The first kappa shape index (κ1) is 14.1. The predicted octanol–water partition coefficient (Wildman–Crippen LogP) is 1.23. The average Bonchev–Trinajstić information content (AvgIpc) is 2.47. The third-order valence-electron chi connectivity index (χ3n) is 2.74. The van der Waals surface area contributed by atoms with E-state index >= 15 is 0 Å². The minimum absolute atomic E-state index is 0.0757. The number of nitrogens with zero attached hydrogens (tertiary/aromatic N) is 2. The highest BCUT2D eigenvalue weighted by atomic mass is 79.9. The summed E-state index contributed by atoms with van der Waals surface area (Å²) in [5, 5.41) is 9.02. The molecule has 0 fully saturated rings. The Balaban J connectivity index is 2.47. The Morgan fingerprint density at radius 2 is 2.20 bits per heavy atom. The van der Waals surface area contributed by atoms with Gasteiger partial charge in [-0.25, -0.2) is 4.79 Å². The maximum atomic E-state index is 11.9. The molecular formula is C13H10BrN3O3. The molecule has 0 aliphatic heterocycles.